The third kappa shape index (κ3) is 4.78. The van der Waals surface area contributed by atoms with Gasteiger partial charge >= 0.3 is 0 Å². The van der Waals surface area contributed by atoms with Crippen molar-refractivity contribution in [3.05, 3.63) is 89.9 Å². The van der Waals surface area contributed by atoms with Crippen molar-refractivity contribution in [2.45, 2.75) is 12.5 Å². The Morgan fingerprint density at radius 2 is 1.90 bits per heavy atom. The van der Waals surface area contributed by atoms with Gasteiger partial charge in [-0.05, 0) is 41.8 Å². The molecular weight excluding hydrogens is 362 g/mol. The number of carbonyl (C=O) groups is 1. The van der Waals surface area contributed by atoms with Gasteiger partial charge in [-0.15, -0.1) is 0 Å². The summed E-state index contributed by atoms with van der Waals surface area (Å²) in [6.45, 7) is 3.01. The number of aromatic nitrogens is 2. The normalized spacial score (nSPS) is 16.4. The minimum Gasteiger partial charge on any atom is -0.353 e. The maximum absolute atomic E-state index is 12.8. The van der Waals surface area contributed by atoms with E-state index >= 15 is 0 Å². The van der Waals surface area contributed by atoms with E-state index in [0.717, 1.165) is 37.4 Å². The Hall–Kier alpha value is -3.25. The Bertz CT molecular complexity index is 932. The molecule has 0 aliphatic carbocycles. The molecule has 0 bridgehead atoms. The van der Waals surface area contributed by atoms with Crippen molar-refractivity contribution in [1.29, 1.82) is 0 Å². The number of pyridine rings is 2. The molecule has 3 heterocycles. The van der Waals surface area contributed by atoms with Crippen LogP contribution in [0.3, 0.4) is 0 Å². The molecule has 1 aliphatic rings. The molecule has 148 valence electrons. The number of hydrogen-bond donors (Lipinski definition) is 2. The summed E-state index contributed by atoms with van der Waals surface area (Å²) in [5, 5.41) is 6.59. The van der Waals surface area contributed by atoms with Gasteiger partial charge in [0.1, 0.15) is 5.82 Å². The quantitative estimate of drug-likeness (QED) is 0.680. The lowest BCUT2D eigenvalue weighted by atomic mass is 10.0. The number of nitrogens with zero attached hydrogens (tertiary/aromatic N) is 3. The maximum atomic E-state index is 12.8. The van der Waals surface area contributed by atoms with Gasteiger partial charge in [-0.3, -0.25) is 9.78 Å². The smallest absolute Gasteiger partial charge is 0.255 e. The second-order valence-corrected chi connectivity index (χ2v) is 7.10. The van der Waals surface area contributed by atoms with Crippen molar-refractivity contribution in [3.63, 3.8) is 0 Å². The van der Waals surface area contributed by atoms with Crippen LogP contribution in [-0.4, -0.2) is 42.1 Å². The highest BCUT2D eigenvalue weighted by molar-refractivity contribution is 5.98. The molecule has 0 spiro atoms. The average Bonchev–Trinajstić information content (AvgIpc) is 2.80. The highest BCUT2D eigenvalue weighted by atomic mass is 16.1. The number of hydrogen-bond acceptors (Lipinski definition) is 5. The molecule has 29 heavy (non-hydrogen) atoms. The maximum Gasteiger partial charge on any atom is 0.255 e. The lowest BCUT2D eigenvalue weighted by Gasteiger charge is -2.35. The predicted octanol–water partition coefficient (Wildman–Crippen LogP) is 2.60. The molecule has 4 rings (SSSR count). The zero-order chi connectivity index (χ0) is 19.9. The van der Waals surface area contributed by atoms with Crippen LogP contribution in [0.15, 0.2) is 73.2 Å². The van der Waals surface area contributed by atoms with E-state index in [2.05, 4.69) is 49.8 Å². The minimum absolute atomic E-state index is 0.0862. The molecule has 1 fully saturated rings. The van der Waals surface area contributed by atoms with Crippen LogP contribution < -0.4 is 15.5 Å². The largest absolute Gasteiger partial charge is 0.353 e. The molecule has 3 aromatic rings. The first-order valence-corrected chi connectivity index (χ1v) is 9.96. The fourth-order valence-corrected chi connectivity index (χ4v) is 3.64. The Balaban J connectivity index is 1.44. The van der Waals surface area contributed by atoms with Crippen LogP contribution in [0, 0.1) is 0 Å². The van der Waals surface area contributed by atoms with Crippen LogP contribution in [0.5, 0.6) is 0 Å². The van der Waals surface area contributed by atoms with Crippen molar-refractivity contribution in [1.82, 2.24) is 20.6 Å². The van der Waals surface area contributed by atoms with Gasteiger partial charge in [-0.2, -0.15) is 0 Å². The summed E-state index contributed by atoms with van der Waals surface area (Å²) >= 11 is 0. The predicted molar refractivity (Wildman–Crippen MR) is 114 cm³/mol. The van der Waals surface area contributed by atoms with E-state index in [4.69, 9.17) is 0 Å². The van der Waals surface area contributed by atoms with Crippen molar-refractivity contribution in [2.24, 2.45) is 0 Å². The second kappa shape index (κ2) is 9.30. The summed E-state index contributed by atoms with van der Waals surface area (Å²) < 4.78 is 0. The fourth-order valence-electron chi connectivity index (χ4n) is 3.64. The molecule has 6 nitrogen and oxygen atoms in total. The van der Waals surface area contributed by atoms with Crippen LogP contribution in [0.1, 0.15) is 27.5 Å². The van der Waals surface area contributed by atoms with Crippen molar-refractivity contribution in [2.75, 3.05) is 31.1 Å². The van der Waals surface area contributed by atoms with Gasteiger partial charge in [0.2, 0.25) is 0 Å². The third-order valence-electron chi connectivity index (χ3n) is 5.16. The number of anilines is 1. The number of piperazine rings is 1. The molecule has 0 unspecified atom stereocenters. The molecule has 0 radical (unpaired) electrons. The van der Waals surface area contributed by atoms with E-state index in [9.17, 15) is 4.79 Å². The van der Waals surface area contributed by atoms with Crippen molar-refractivity contribution >= 4 is 11.7 Å². The Morgan fingerprint density at radius 3 is 2.72 bits per heavy atom. The first-order valence-electron chi connectivity index (χ1n) is 9.96. The standard InChI is InChI=1S/C23H25N5O/c29-23(27-14-10-18-8-12-24-13-9-18)20-7-4-11-26-22(20)28-16-15-25-21(17-28)19-5-2-1-3-6-19/h1-9,11-13,21,25H,10,14-17H2,(H,27,29)/t21-/m0/s1. The topological polar surface area (TPSA) is 70.2 Å². The lowest BCUT2D eigenvalue weighted by Crippen LogP contribution is -2.47. The monoisotopic (exact) mass is 387 g/mol. The summed E-state index contributed by atoms with van der Waals surface area (Å²) in [5.74, 6) is 0.660. The van der Waals surface area contributed by atoms with Gasteiger partial charge in [0.05, 0.1) is 5.56 Å². The second-order valence-electron chi connectivity index (χ2n) is 7.10. The molecular formula is C23H25N5O. The zero-order valence-electron chi connectivity index (χ0n) is 16.3. The molecule has 1 atom stereocenters. The minimum atomic E-state index is -0.0862. The summed E-state index contributed by atoms with van der Waals surface area (Å²) in [6.07, 6.45) is 6.06. The Morgan fingerprint density at radius 1 is 1.07 bits per heavy atom. The SMILES string of the molecule is O=C(NCCc1ccncc1)c1cccnc1N1CCN[C@H](c2ccccc2)C1. The molecule has 1 aliphatic heterocycles. The van der Waals surface area contributed by atoms with E-state index in [-0.39, 0.29) is 11.9 Å². The average molecular weight is 387 g/mol. The highest BCUT2D eigenvalue weighted by Gasteiger charge is 2.24. The van der Waals surface area contributed by atoms with Crippen LogP contribution >= 0.6 is 0 Å². The molecule has 2 N–H and O–H groups in total. The first-order chi connectivity index (χ1) is 14.3. The van der Waals surface area contributed by atoms with E-state index < -0.39 is 0 Å². The molecule has 6 heteroatoms. The zero-order valence-corrected chi connectivity index (χ0v) is 16.3. The van der Waals surface area contributed by atoms with Crippen LogP contribution in [0.25, 0.3) is 0 Å². The first kappa shape index (κ1) is 19.1. The number of rotatable bonds is 6. The van der Waals surface area contributed by atoms with E-state index in [1.165, 1.54) is 5.56 Å². The molecule has 1 amide bonds. The summed E-state index contributed by atoms with van der Waals surface area (Å²) in [7, 11) is 0. The molecule has 1 saturated heterocycles. The Labute approximate surface area is 171 Å². The van der Waals surface area contributed by atoms with Crippen molar-refractivity contribution < 1.29 is 4.79 Å². The van der Waals surface area contributed by atoms with Crippen LogP contribution in [-0.2, 0) is 6.42 Å². The number of carbonyl (C=O) groups excluding carboxylic acids is 1. The molecule has 1 aromatic carbocycles. The van der Waals surface area contributed by atoms with Crippen LogP contribution in [0.2, 0.25) is 0 Å². The van der Waals surface area contributed by atoms with Gasteiger partial charge in [0.15, 0.2) is 0 Å². The van der Waals surface area contributed by atoms with E-state index in [1.54, 1.807) is 18.6 Å². The van der Waals surface area contributed by atoms with Gasteiger partial charge in [0.25, 0.3) is 5.91 Å². The Kier molecular flexibility index (Phi) is 6.12. The summed E-state index contributed by atoms with van der Waals surface area (Å²) in [4.78, 5) is 23.6. The fraction of sp³-hybridized carbons (Fsp3) is 0.261. The summed E-state index contributed by atoms with van der Waals surface area (Å²) in [6, 6.07) is 18.2. The number of nitrogens with one attached hydrogen (secondary N) is 2. The van der Waals surface area contributed by atoms with Crippen molar-refractivity contribution in [3.8, 4) is 0 Å². The third-order valence-corrected chi connectivity index (χ3v) is 5.16. The van der Waals surface area contributed by atoms with Gasteiger partial charge in [-0.25, -0.2) is 4.98 Å². The van der Waals surface area contributed by atoms with E-state index in [0.29, 0.717) is 12.1 Å². The van der Waals surface area contributed by atoms with Crippen LogP contribution in [0.4, 0.5) is 5.82 Å². The number of benzene rings is 1. The summed E-state index contributed by atoms with van der Waals surface area (Å²) in [5.41, 5.74) is 3.02. The van der Waals surface area contributed by atoms with E-state index in [1.807, 2.05) is 30.3 Å². The molecule has 0 saturated carbocycles. The van der Waals surface area contributed by atoms with Gasteiger partial charge < -0.3 is 15.5 Å². The van der Waals surface area contributed by atoms with Gasteiger partial charge in [-0.1, -0.05) is 30.3 Å². The number of amides is 1. The van der Waals surface area contributed by atoms with Gasteiger partial charge in [0, 0.05) is 50.8 Å². The highest BCUT2D eigenvalue weighted by Crippen LogP contribution is 2.23. The molecule has 2 aromatic heterocycles. The lowest BCUT2D eigenvalue weighted by molar-refractivity contribution is 0.0954.